The van der Waals surface area contributed by atoms with Crippen LogP contribution in [-0.4, -0.2) is 44.8 Å². The number of rotatable bonds is 10. The van der Waals surface area contributed by atoms with Crippen molar-refractivity contribution >= 4 is 36.1 Å². The monoisotopic (exact) mass is 465 g/mol. The fraction of sp³-hybridized carbons (Fsp3) is 0.217. The Labute approximate surface area is 196 Å². The third-order valence-corrected chi connectivity index (χ3v) is 5.03. The van der Waals surface area contributed by atoms with Crippen molar-refractivity contribution in [2.75, 3.05) is 20.2 Å². The summed E-state index contributed by atoms with van der Waals surface area (Å²) in [7, 11) is 2.02. The molecule has 176 valence electrons. The third-order valence-electron chi connectivity index (χ3n) is 5.03. The summed E-state index contributed by atoms with van der Waals surface area (Å²) in [6.45, 7) is 2.95. The van der Waals surface area contributed by atoms with Crippen molar-refractivity contribution in [2.24, 2.45) is 0 Å². The number of hydrogen-bond acceptors (Lipinski definition) is 8. The molecule has 0 heterocycles. The van der Waals surface area contributed by atoms with Crippen LogP contribution < -0.4 is 20.0 Å². The summed E-state index contributed by atoms with van der Waals surface area (Å²) < 4.78 is 15.2. The Balaban J connectivity index is 1.59. The molecule has 0 fully saturated rings. The van der Waals surface area contributed by atoms with E-state index in [1.54, 1.807) is 25.3 Å². The van der Waals surface area contributed by atoms with Gasteiger partial charge in [0.05, 0.1) is 10.8 Å². The number of hydrogen-bond donors (Lipinski definition) is 2. The predicted octanol–water partition coefficient (Wildman–Crippen LogP) is 3.05. The van der Waals surface area contributed by atoms with E-state index < -0.39 is 11.1 Å². The number of amides is 1. The molecule has 0 unspecified atom stereocenters. The van der Waals surface area contributed by atoms with Crippen molar-refractivity contribution in [3.05, 3.63) is 76.3 Å². The lowest BCUT2D eigenvalue weighted by atomic mass is 9.97. The number of nitro groups is 1. The highest BCUT2D eigenvalue weighted by Crippen LogP contribution is 2.26. The Hall–Kier alpha value is -3.96. The van der Waals surface area contributed by atoms with Gasteiger partial charge in [0.2, 0.25) is 5.91 Å². The van der Waals surface area contributed by atoms with Gasteiger partial charge in [0.1, 0.15) is 11.5 Å². The van der Waals surface area contributed by atoms with Crippen molar-refractivity contribution < 1.29 is 28.6 Å². The molecule has 0 bridgehead atoms. The molecule has 3 aromatic rings. The van der Waals surface area contributed by atoms with Gasteiger partial charge in [-0.25, -0.2) is 4.79 Å². The van der Waals surface area contributed by atoms with Crippen LogP contribution in [0.3, 0.4) is 0 Å². The molecule has 3 aromatic carbocycles. The first-order valence-corrected chi connectivity index (χ1v) is 10.5. The highest BCUT2D eigenvalue weighted by atomic mass is 16.7. The van der Waals surface area contributed by atoms with Gasteiger partial charge in [-0.1, -0.05) is 24.3 Å². The number of fused-ring (bicyclic) bond motifs is 1. The van der Waals surface area contributed by atoms with Gasteiger partial charge in [0.15, 0.2) is 0 Å². The van der Waals surface area contributed by atoms with Crippen LogP contribution in [0.1, 0.15) is 18.4 Å². The van der Waals surface area contributed by atoms with Crippen molar-refractivity contribution in [1.29, 1.82) is 0 Å². The fourth-order valence-corrected chi connectivity index (χ4v) is 3.18. The smallest absolute Gasteiger partial charge is 0.427 e. The zero-order chi connectivity index (χ0) is 24.5. The zero-order valence-corrected chi connectivity index (χ0v) is 18.8. The Morgan fingerprint density at radius 1 is 0.971 bits per heavy atom. The molecule has 34 heavy (non-hydrogen) atoms. The summed E-state index contributed by atoms with van der Waals surface area (Å²) in [5.41, 5.74) is 0.751. The maximum Gasteiger partial charge on any atom is 0.519 e. The van der Waals surface area contributed by atoms with E-state index in [1.807, 2.05) is 25.1 Å². The number of benzene rings is 3. The van der Waals surface area contributed by atoms with E-state index in [1.165, 1.54) is 24.3 Å². The van der Waals surface area contributed by atoms with E-state index in [0.29, 0.717) is 20.7 Å². The van der Waals surface area contributed by atoms with Gasteiger partial charge in [0, 0.05) is 32.3 Å². The highest BCUT2D eigenvalue weighted by molar-refractivity contribution is 6.23. The van der Waals surface area contributed by atoms with Gasteiger partial charge in [-0.3, -0.25) is 14.9 Å². The van der Waals surface area contributed by atoms with Crippen molar-refractivity contribution in [3.63, 3.8) is 0 Å². The van der Waals surface area contributed by atoms with Gasteiger partial charge in [-0.15, -0.1) is 0 Å². The number of carbonyl (C=O) groups excluding carboxylic acids is 2. The largest absolute Gasteiger partial charge is 0.519 e. The standard InChI is InChI=1S/C23H24BN3O7/c1-15(22(28)25-11-12-26-24-32-2)16-3-4-18-14-21(8-5-17(18)13-16)34-23(29)33-20-9-6-19(7-10-20)27(30)31/h3-10,13-15,24,26H,11-12H2,1-2H3,(H,25,28)/t15-/m1/s1. The summed E-state index contributed by atoms with van der Waals surface area (Å²) >= 11 is 0. The molecule has 0 radical (unpaired) electrons. The summed E-state index contributed by atoms with van der Waals surface area (Å²) in [5.74, 6) is -0.00350. The molecule has 3 rings (SSSR count). The van der Waals surface area contributed by atoms with Gasteiger partial charge < -0.3 is 24.7 Å². The first kappa shape index (κ1) is 24.7. The van der Waals surface area contributed by atoms with Crippen molar-refractivity contribution in [1.82, 2.24) is 10.5 Å². The second kappa shape index (κ2) is 11.8. The average Bonchev–Trinajstić information content (AvgIpc) is 2.83. The minimum atomic E-state index is -0.963. The molecule has 0 spiro atoms. The number of nitrogens with one attached hydrogen (secondary N) is 2. The van der Waals surface area contributed by atoms with Gasteiger partial charge in [0.25, 0.3) is 5.69 Å². The first-order valence-electron chi connectivity index (χ1n) is 10.5. The molecule has 0 aliphatic rings. The maximum absolute atomic E-state index is 12.4. The maximum atomic E-state index is 12.4. The van der Waals surface area contributed by atoms with Crippen LogP contribution in [0.15, 0.2) is 60.7 Å². The van der Waals surface area contributed by atoms with Crippen LogP contribution in [0.5, 0.6) is 11.5 Å². The molecule has 1 atom stereocenters. The van der Waals surface area contributed by atoms with Crippen LogP contribution in [0.4, 0.5) is 10.5 Å². The lowest BCUT2D eigenvalue weighted by Crippen LogP contribution is -2.35. The average molecular weight is 465 g/mol. The van der Waals surface area contributed by atoms with E-state index in [2.05, 4.69) is 10.5 Å². The summed E-state index contributed by atoms with van der Waals surface area (Å²) in [5, 5.41) is 18.3. The minimum Gasteiger partial charge on any atom is -0.427 e. The normalized spacial score (nSPS) is 11.5. The second-order valence-electron chi connectivity index (χ2n) is 7.42. The summed E-state index contributed by atoms with van der Waals surface area (Å²) in [6.07, 6.45) is -0.963. The van der Waals surface area contributed by atoms with Crippen LogP contribution in [0, 0.1) is 10.1 Å². The molecule has 0 saturated heterocycles. The van der Waals surface area contributed by atoms with Crippen LogP contribution in [-0.2, 0) is 9.45 Å². The molecule has 0 saturated carbocycles. The molecular weight excluding hydrogens is 441 g/mol. The molecule has 0 aliphatic carbocycles. The summed E-state index contributed by atoms with van der Waals surface area (Å²) in [6, 6.07) is 15.8. The zero-order valence-electron chi connectivity index (χ0n) is 18.8. The molecule has 0 aromatic heterocycles. The van der Waals surface area contributed by atoms with E-state index in [4.69, 9.17) is 14.1 Å². The topological polar surface area (TPSA) is 129 Å². The predicted molar refractivity (Wildman–Crippen MR) is 127 cm³/mol. The van der Waals surface area contributed by atoms with Crippen molar-refractivity contribution in [3.8, 4) is 11.5 Å². The Morgan fingerprint density at radius 2 is 1.62 bits per heavy atom. The Bertz CT molecular complexity index is 1170. The molecule has 11 heteroatoms. The van der Waals surface area contributed by atoms with Gasteiger partial charge >= 0.3 is 13.8 Å². The van der Waals surface area contributed by atoms with Crippen LogP contribution in [0.25, 0.3) is 10.8 Å². The van der Waals surface area contributed by atoms with E-state index in [0.717, 1.165) is 16.3 Å². The van der Waals surface area contributed by atoms with E-state index in [-0.39, 0.29) is 29.0 Å². The van der Waals surface area contributed by atoms with Crippen LogP contribution in [0.2, 0.25) is 0 Å². The van der Waals surface area contributed by atoms with E-state index >= 15 is 0 Å². The highest BCUT2D eigenvalue weighted by Gasteiger charge is 2.16. The molecule has 0 aliphatic heterocycles. The lowest BCUT2D eigenvalue weighted by molar-refractivity contribution is -0.384. The molecule has 1 amide bonds. The number of non-ortho nitro benzene ring substituents is 1. The summed E-state index contributed by atoms with van der Waals surface area (Å²) in [4.78, 5) is 34.6. The third kappa shape index (κ3) is 6.77. The SMILES string of the molecule is COBNCCNC(=O)[C@H](C)c1ccc2cc(OC(=O)Oc3ccc([N+](=O)[O-])cc3)ccc2c1. The van der Waals surface area contributed by atoms with Crippen molar-refractivity contribution in [2.45, 2.75) is 12.8 Å². The second-order valence-corrected chi connectivity index (χ2v) is 7.42. The number of nitro benzene ring substituents is 1. The van der Waals surface area contributed by atoms with Gasteiger partial charge in [-0.2, -0.15) is 0 Å². The number of carbonyl (C=O) groups is 2. The lowest BCUT2D eigenvalue weighted by Gasteiger charge is -2.14. The molecular formula is C23H24BN3O7. The van der Waals surface area contributed by atoms with E-state index in [9.17, 15) is 19.7 Å². The Morgan fingerprint density at radius 3 is 2.32 bits per heavy atom. The number of ether oxygens (including phenoxy) is 2. The molecule has 2 N–H and O–H groups in total. The Kier molecular flexibility index (Phi) is 8.55. The minimum absolute atomic E-state index is 0.0764. The van der Waals surface area contributed by atoms with Gasteiger partial charge in [-0.05, 0) is 47.5 Å². The first-order chi connectivity index (χ1) is 16.4. The van der Waals surface area contributed by atoms with Crippen LogP contribution >= 0.6 is 0 Å². The quantitative estimate of drug-likeness (QED) is 0.117. The molecule has 10 nitrogen and oxygen atoms in total. The fourth-order valence-electron chi connectivity index (χ4n) is 3.18. The number of nitrogens with zero attached hydrogens (tertiary/aromatic N) is 1.